The Balaban J connectivity index is 1.89. The van der Waals surface area contributed by atoms with Crippen LogP contribution in [0, 0.1) is 0 Å². The Morgan fingerprint density at radius 2 is 2.06 bits per heavy atom. The quantitative estimate of drug-likeness (QED) is 0.902. The second-order valence-corrected chi connectivity index (χ2v) is 4.61. The highest BCUT2D eigenvalue weighted by atomic mass is 35.5. The van der Waals surface area contributed by atoms with Gasteiger partial charge in [0.25, 0.3) is 0 Å². The van der Waals surface area contributed by atoms with Crippen molar-refractivity contribution in [2.24, 2.45) is 0 Å². The molecule has 1 aliphatic rings. The van der Waals surface area contributed by atoms with Gasteiger partial charge in [0.2, 0.25) is 0 Å². The van der Waals surface area contributed by atoms with Gasteiger partial charge in [-0.2, -0.15) is 9.90 Å². The first-order valence-corrected chi connectivity index (χ1v) is 6.29. The average molecular weight is 261 g/mol. The van der Waals surface area contributed by atoms with Crippen molar-refractivity contribution >= 4 is 17.3 Å². The van der Waals surface area contributed by atoms with Gasteiger partial charge < -0.3 is 5.32 Å². The molecule has 5 heteroatoms. The van der Waals surface area contributed by atoms with Crippen LogP contribution in [0.3, 0.4) is 0 Å². The molecule has 1 aromatic carbocycles. The maximum atomic E-state index is 5.87. The third-order valence-corrected chi connectivity index (χ3v) is 3.18. The summed E-state index contributed by atoms with van der Waals surface area (Å²) in [5, 5.41) is 12.8. The third kappa shape index (κ3) is 2.30. The average Bonchev–Trinajstić information content (AvgIpc) is 2.90. The van der Waals surface area contributed by atoms with Crippen molar-refractivity contribution in [3.8, 4) is 11.3 Å². The van der Waals surface area contributed by atoms with Gasteiger partial charge in [0, 0.05) is 30.1 Å². The topological polar surface area (TPSA) is 42.7 Å². The molecule has 92 valence electrons. The summed E-state index contributed by atoms with van der Waals surface area (Å²) >= 11 is 5.87. The summed E-state index contributed by atoms with van der Waals surface area (Å²) in [6.45, 7) is 1.86. The summed E-state index contributed by atoms with van der Waals surface area (Å²) in [6.07, 6.45) is 4.86. The van der Waals surface area contributed by atoms with E-state index >= 15 is 0 Å². The molecule has 1 aliphatic heterocycles. The van der Waals surface area contributed by atoms with E-state index in [-0.39, 0.29) is 0 Å². The Hall–Kier alpha value is -1.65. The normalized spacial score (nSPS) is 15.5. The molecule has 0 unspecified atom stereocenters. The van der Waals surface area contributed by atoms with Crippen LogP contribution in [0.15, 0.2) is 36.5 Å². The number of nitrogens with one attached hydrogen (secondary N) is 1. The van der Waals surface area contributed by atoms with Gasteiger partial charge in [-0.15, -0.1) is 5.10 Å². The number of aromatic nitrogens is 3. The van der Waals surface area contributed by atoms with Crippen LogP contribution in [0.5, 0.6) is 0 Å². The van der Waals surface area contributed by atoms with E-state index in [1.807, 2.05) is 24.3 Å². The second-order valence-electron chi connectivity index (χ2n) is 4.18. The van der Waals surface area contributed by atoms with E-state index in [0.29, 0.717) is 0 Å². The lowest BCUT2D eigenvalue weighted by Gasteiger charge is -2.12. The molecule has 1 aromatic heterocycles. The van der Waals surface area contributed by atoms with E-state index in [1.54, 1.807) is 11.0 Å². The minimum Gasteiger partial charge on any atom is -0.313 e. The molecule has 2 heterocycles. The zero-order chi connectivity index (χ0) is 12.4. The highest BCUT2D eigenvalue weighted by Gasteiger charge is 2.09. The molecule has 0 saturated heterocycles. The predicted molar refractivity (Wildman–Crippen MR) is 72.2 cm³/mol. The van der Waals surface area contributed by atoms with Crippen LogP contribution in [-0.4, -0.2) is 28.1 Å². The Labute approximate surface area is 110 Å². The van der Waals surface area contributed by atoms with Crippen LogP contribution in [0.2, 0.25) is 5.02 Å². The fourth-order valence-corrected chi connectivity index (χ4v) is 2.07. The van der Waals surface area contributed by atoms with Crippen LogP contribution in [0.1, 0.15) is 6.42 Å². The molecular weight excluding hydrogens is 248 g/mol. The van der Waals surface area contributed by atoms with E-state index < -0.39 is 0 Å². The van der Waals surface area contributed by atoms with Crippen molar-refractivity contribution in [1.29, 1.82) is 0 Å². The zero-order valence-corrected chi connectivity index (χ0v) is 10.6. The molecule has 0 atom stereocenters. The number of hydrogen-bond donors (Lipinski definition) is 1. The molecule has 0 radical (unpaired) electrons. The molecule has 0 saturated carbocycles. The van der Waals surface area contributed by atoms with Gasteiger partial charge in [0.05, 0.1) is 11.9 Å². The van der Waals surface area contributed by atoms with Crippen LogP contribution in [-0.2, 0) is 0 Å². The summed E-state index contributed by atoms with van der Waals surface area (Å²) in [5.74, 6) is 0. The monoisotopic (exact) mass is 260 g/mol. The molecule has 0 bridgehead atoms. The Bertz CT molecular complexity index is 571. The molecule has 2 aromatic rings. The largest absolute Gasteiger partial charge is 0.313 e. The van der Waals surface area contributed by atoms with Crippen molar-refractivity contribution in [3.05, 3.63) is 41.6 Å². The Morgan fingerprint density at radius 3 is 2.78 bits per heavy atom. The summed E-state index contributed by atoms with van der Waals surface area (Å²) in [7, 11) is 0. The van der Waals surface area contributed by atoms with Crippen LogP contribution in [0.4, 0.5) is 0 Å². The summed E-state index contributed by atoms with van der Waals surface area (Å²) in [6, 6.07) is 7.63. The van der Waals surface area contributed by atoms with Gasteiger partial charge in [0.1, 0.15) is 5.69 Å². The Morgan fingerprint density at radius 1 is 1.22 bits per heavy atom. The highest BCUT2D eigenvalue weighted by molar-refractivity contribution is 6.30. The molecule has 3 rings (SSSR count). The summed E-state index contributed by atoms with van der Waals surface area (Å²) < 4.78 is 0. The number of nitrogens with zero attached hydrogens (tertiary/aromatic N) is 3. The first-order chi connectivity index (χ1) is 8.83. The van der Waals surface area contributed by atoms with Crippen LogP contribution in [0.25, 0.3) is 17.0 Å². The van der Waals surface area contributed by atoms with Gasteiger partial charge in [-0.25, -0.2) is 0 Å². The first kappa shape index (κ1) is 11.4. The minimum absolute atomic E-state index is 0.729. The van der Waals surface area contributed by atoms with Gasteiger partial charge in [-0.05, 0) is 18.2 Å². The van der Waals surface area contributed by atoms with Crippen molar-refractivity contribution in [3.63, 3.8) is 0 Å². The van der Waals surface area contributed by atoms with Gasteiger partial charge in [0.15, 0.2) is 0 Å². The van der Waals surface area contributed by atoms with Crippen LogP contribution < -0.4 is 5.32 Å². The van der Waals surface area contributed by atoms with Gasteiger partial charge >= 0.3 is 0 Å². The van der Waals surface area contributed by atoms with E-state index in [2.05, 4.69) is 21.6 Å². The number of hydrogen-bond acceptors (Lipinski definition) is 3. The zero-order valence-electron chi connectivity index (χ0n) is 9.81. The van der Waals surface area contributed by atoms with Gasteiger partial charge in [-0.3, -0.25) is 0 Å². The molecule has 0 fully saturated rings. The van der Waals surface area contributed by atoms with Crippen molar-refractivity contribution in [2.45, 2.75) is 6.42 Å². The number of benzene rings is 1. The summed E-state index contributed by atoms with van der Waals surface area (Å²) in [5.41, 5.74) is 3.04. The smallest absolute Gasteiger partial charge is 0.113 e. The van der Waals surface area contributed by atoms with Crippen molar-refractivity contribution < 1.29 is 0 Å². The second kappa shape index (κ2) is 4.92. The summed E-state index contributed by atoms with van der Waals surface area (Å²) in [4.78, 5) is 1.71. The number of rotatable bonds is 2. The van der Waals surface area contributed by atoms with Crippen molar-refractivity contribution in [2.75, 3.05) is 13.1 Å². The predicted octanol–water partition coefficient (Wildman–Crippen LogP) is 2.43. The molecule has 0 spiro atoms. The molecular formula is C13H13ClN4. The third-order valence-electron chi connectivity index (χ3n) is 2.93. The lowest BCUT2D eigenvalue weighted by Crippen LogP contribution is -2.22. The SMILES string of the molecule is Clc1ccc(-c2cnn(C3=CCNCC3)n2)cc1. The maximum Gasteiger partial charge on any atom is 0.113 e. The lowest BCUT2D eigenvalue weighted by molar-refractivity contribution is 0.667. The fraction of sp³-hybridized carbons (Fsp3) is 0.231. The van der Waals surface area contributed by atoms with Crippen molar-refractivity contribution in [1.82, 2.24) is 20.3 Å². The molecule has 4 nitrogen and oxygen atoms in total. The molecule has 0 amide bonds. The minimum atomic E-state index is 0.729. The van der Waals surface area contributed by atoms with E-state index in [1.165, 1.54) is 0 Å². The van der Waals surface area contributed by atoms with Gasteiger partial charge in [-0.1, -0.05) is 23.7 Å². The maximum absolute atomic E-state index is 5.87. The van der Waals surface area contributed by atoms with E-state index in [9.17, 15) is 0 Å². The van der Waals surface area contributed by atoms with E-state index in [0.717, 1.165) is 41.5 Å². The molecule has 1 N–H and O–H groups in total. The Kier molecular flexibility index (Phi) is 3.13. The van der Waals surface area contributed by atoms with E-state index in [4.69, 9.17) is 11.6 Å². The lowest BCUT2D eigenvalue weighted by atomic mass is 10.2. The molecule has 0 aliphatic carbocycles. The van der Waals surface area contributed by atoms with Crippen LogP contribution >= 0.6 is 11.6 Å². The number of halogens is 1. The highest BCUT2D eigenvalue weighted by Crippen LogP contribution is 2.20. The standard InChI is InChI=1S/C13H13ClN4/c14-11-3-1-10(2-4-11)13-9-16-18(17-13)12-5-7-15-8-6-12/h1-5,9,15H,6-8H2. The molecule has 18 heavy (non-hydrogen) atoms. The fourth-order valence-electron chi connectivity index (χ4n) is 1.95. The first-order valence-electron chi connectivity index (χ1n) is 5.91.